The summed E-state index contributed by atoms with van der Waals surface area (Å²) in [4.78, 5) is 30.5. The van der Waals surface area contributed by atoms with Gasteiger partial charge in [0.15, 0.2) is 5.65 Å². The number of likely N-dealkylation sites (tertiary alicyclic amines) is 1. The molecule has 8 nitrogen and oxygen atoms in total. The average molecular weight is 391 g/mol. The molecule has 0 radical (unpaired) electrons. The number of rotatable bonds is 4. The van der Waals surface area contributed by atoms with Crippen molar-refractivity contribution >= 4 is 28.7 Å². The van der Waals surface area contributed by atoms with E-state index in [1.54, 1.807) is 12.5 Å². The van der Waals surface area contributed by atoms with E-state index in [1.807, 2.05) is 38.2 Å². The molecule has 4 heterocycles. The standard InChI is InChI=1S/C21H25N7O/c1-14-5-3-4-6-17(14)24-19(29)12-27-10-15-7-8-16(11-27)28(15)21-25-18-9-22-13-23-20(18)26(21)2/h3-6,9,13,15-16H,7-8,10-12H2,1-2H3,(H,24,29). The van der Waals surface area contributed by atoms with Crippen molar-refractivity contribution in [2.45, 2.75) is 31.8 Å². The van der Waals surface area contributed by atoms with Gasteiger partial charge in [-0.15, -0.1) is 0 Å². The third-order valence-corrected chi connectivity index (χ3v) is 6.09. The summed E-state index contributed by atoms with van der Waals surface area (Å²) in [5.74, 6) is 1.00. The molecule has 150 valence electrons. The Morgan fingerprint density at radius 2 is 1.97 bits per heavy atom. The van der Waals surface area contributed by atoms with Crippen LogP contribution in [0.2, 0.25) is 0 Å². The number of anilines is 2. The number of fused-ring (bicyclic) bond motifs is 3. The van der Waals surface area contributed by atoms with Crippen LogP contribution in [0.1, 0.15) is 18.4 Å². The van der Waals surface area contributed by atoms with Gasteiger partial charge in [-0.1, -0.05) is 18.2 Å². The topological polar surface area (TPSA) is 79.2 Å². The van der Waals surface area contributed by atoms with E-state index in [0.717, 1.165) is 54.3 Å². The molecule has 1 amide bonds. The first-order chi connectivity index (χ1) is 14.1. The fraction of sp³-hybridized carbons (Fsp3) is 0.429. The average Bonchev–Trinajstić information content (AvgIpc) is 3.17. The number of carbonyl (C=O) groups is 1. The lowest BCUT2D eigenvalue weighted by Gasteiger charge is -2.41. The molecule has 2 unspecified atom stereocenters. The Morgan fingerprint density at radius 3 is 2.69 bits per heavy atom. The zero-order valence-corrected chi connectivity index (χ0v) is 16.7. The summed E-state index contributed by atoms with van der Waals surface area (Å²) < 4.78 is 2.06. The number of aryl methyl sites for hydroxylation is 2. The molecule has 8 heteroatoms. The Hall–Kier alpha value is -3.00. The van der Waals surface area contributed by atoms with Crippen LogP contribution in [0.4, 0.5) is 11.6 Å². The zero-order chi connectivity index (χ0) is 20.0. The van der Waals surface area contributed by atoms with E-state index in [2.05, 4.69) is 29.7 Å². The number of benzene rings is 1. The van der Waals surface area contributed by atoms with Crippen molar-refractivity contribution in [3.8, 4) is 0 Å². The minimum atomic E-state index is 0.0464. The van der Waals surface area contributed by atoms with E-state index in [4.69, 9.17) is 4.98 Å². The van der Waals surface area contributed by atoms with Gasteiger partial charge in [0.2, 0.25) is 11.9 Å². The fourth-order valence-electron chi connectivity index (χ4n) is 4.71. The number of imidazole rings is 1. The van der Waals surface area contributed by atoms with Crippen molar-refractivity contribution in [2.75, 3.05) is 29.9 Å². The van der Waals surface area contributed by atoms with E-state index in [1.165, 1.54) is 0 Å². The van der Waals surface area contributed by atoms with E-state index >= 15 is 0 Å². The highest BCUT2D eigenvalue weighted by Gasteiger charge is 2.42. The highest BCUT2D eigenvalue weighted by Crippen LogP contribution is 2.35. The summed E-state index contributed by atoms with van der Waals surface area (Å²) in [7, 11) is 2.01. The molecule has 0 aliphatic carbocycles. The van der Waals surface area contributed by atoms with Gasteiger partial charge in [0.05, 0.1) is 12.7 Å². The fourth-order valence-corrected chi connectivity index (χ4v) is 4.71. The van der Waals surface area contributed by atoms with Crippen molar-refractivity contribution in [2.24, 2.45) is 7.05 Å². The highest BCUT2D eigenvalue weighted by molar-refractivity contribution is 5.93. The number of nitrogens with one attached hydrogen (secondary N) is 1. The number of carbonyl (C=O) groups excluding carboxylic acids is 1. The van der Waals surface area contributed by atoms with Crippen LogP contribution < -0.4 is 10.2 Å². The lowest BCUT2D eigenvalue weighted by molar-refractivity contribution is -0.117. The Kier molecular flexibility index (Phi) is 4.43. The molecule has 3 aromatic rings. The molecule has 2 bridgehead atoms. The van der Waals surface area contributed by atoms with Crippen LogP contribution in [0.3, 0.4) is 0 Å². The van der Waals surface area contributed by atoms with Gasteiger partial charge in [-0.2, -0.15) is 0 Å². The van der Waals surface area contributed by atoms with Gasteiger partial charge in [0, 0.05) is 37.9 Å². The predicted octanol–water partition coefficient (Wildman–Crippen LogP) is 1.96. The lowest BCUT2D eigenvalue weighted by Crippen LogP contribution is -2.55. The summed E-state index contributed by atoms with van der Waals surface area (Å²) in [6.07, 6.45) is 5.57. The van der Waals surface area contributed by atoms with Crippen molar-refractivity contribution in [1.82, 2.24) is 24.4 Å². The molecule has 29 heavy (non-hydrogen) atoms. The van der Waals surface area contributed by atoms with Gasteiger partial charge in [0.1, 0.15) is 11.8 Å². The van der Waals surface area contributed by atoms with Crippen LogP contribution in [0.25, 0.3) is 11.2 Å². The molecule has 0 saturated carbocycles. The highest BCUT2D eigenvalue weighted by atomic mass is 16.2. The molecule has 1 N–H and O–H groups in total. The Bertz CT molecular complexity index is 1050. The molecule has 0 spiro atoms. The summed E-state index contributed by atoms with van der Waals surface area (Å²) in [5, 5.41) is 3.05. The van der Waals surface area contributed by atoms with Crippen LogP contribution in [-0.4, -0.2) is 62.0 Å². The summed E-state index contributed by atoms with van der Waals surface area (Å²) in [6.45, 7) is 4.16. The third kappa shape index (κ3) is 3.23. The number of para-hydroxylation sites is 1. The molecule has 2 aromatic heterocycles. The smallest absolute Gasteiger partial charge is 0.238 e. The lowest BCUT2D eigenvalue weighted by atomic mass is 10.2. The van der Waals surface area contributed by atoms with Crippen LogP contribution in [0.5, 0.6) is 0 Å². The quantitative estimate of drug-likeness (QED) is 0.733. The minimum absolute atomic E-state index is 0.0464. The predicted molar refractivity (Wildman–Crippen MR) is 112 cm³/mol. The monoisotopic (exact) mass is 391 g/mol. The van der Waals surface area contributed by atoms with Gasteiger partial charge >= 0.3 is 0 Å². The van der Waals surface area contributed by atoms with E-state index in [9.17, 15) is 4.79 Å². The molecule has 2 aliphatic heterocycles. The Labute approximate surface area is 169 Å². The third-order valence-electron chi connectivity index (χ3n) is 6.09. The minimum Gasteiger partial charge on any atom is -0.334 e. The van der Waals surface area contributed by atoms with Gasteiger partial charge in [-0.05, 0) is 31.4 Å². The Morgan fingerprint density at radius 1 is 1.21 bits per heavy atom. The zero-order valence-electron chi connectivity index (χ0n) is 16.7. The second kappa shape index (κ2) is 7.11. The van der Waals surface area contributed by atoms with Gasteiger partial charge in [-0.3, -0.25) is 14.3 Å². The number of amides is 1. The van der Waals surface area contributed by atoms with Gasteiger partial charge < -0.3 is 10.2 Å². The SMILES string of the molecule is Cc1ccccc1NC(=O)CN1CC2CCC(C1)N2c1nc2cncnc2n1C. The van der Waals surface area contributed by atoms with Crippen molar-refractivity contribution in [3.05, 3.63) is 42.4 Å². The molecule has 2 aliphatic rings. The van der Waals surface area contributed by atoms with Crippen LogP contribution in [0.15, 0.2) is 36.8 Å². The van der Waals surface area contributed by atoms with Crippen LogP contribution >= 0.6 is 0 Å². The Balaban J connectivity index is 1.29. The molecule has 2 fully saturated rings. The van der Waals surface area contributed by atoms with E-state index < -0.39 is 0 Å². The largest absolute Gasteiger partial charge is 0.334 e. The maximum atomic E-state index is 12.6. The van der Waals surface area contributed by atoms with Crippen molar-refractivity contribution in [1.29, 1.82) is 0 Å². The molecule has 5 rings (SSSR count). The van der Waals surface area contributed by atoms with Crippen molar-refractivity contribution in [3.63, 3.8) is 0 Å². The second-order valence-electron chi connectivity index (χ2n) is 8.05. The summed E-state index contributed by atoms with van der Waals surface area (Å²) >= 11 is 0. The number of aromatic nitrogens is 4. The first kappa shape index (κ1) is 18.1. The van der Waals surface area contributed by atoms with Crippen molar-refractivity contribution < 1.29 is 4.79 Å². The van der Waals surface area contributed by atoms with Crippen LogP contribution in [0, 0.1) is 6.92 Å². The maximum Gasteiger partial charge on any atom is 0.238 e. The van der Waals surface area contributed by atoms with Crippen LogP contribution in [-0.2, 0) is 11.8 Å². The number of hydrogen-bond donors (Lipinski definition) is 1. The van der Waals surface area contributed by atoms with E-state index in [0.29, 0.717) is 18.6 Å². The molecular weight excluding hydrogens is 366 g/mol. The number of nitrogens with zero attached hydrogens (tertiary/aromatic N) is 6. The normalized spacial score (nSPS) is 21.7. The first-order valence-corrected chi connectivity index (χ1v) is 10.1. The van der Waals surface area contributed by atoms with E-state index in [-0.39, 0.29) is 5.91 Å². The number of piperazine rings is 1. The number of hydrogen-bond acceptors (Lipinski definition) is 6. The molecule has 2 atom stereocenters. The summed E-state index contributed by atoms with van der Waals surface area (Å²) in [5.41, 5.74) is 3.65. The second-order valence-corrected chi connectivity index (χ2v) is 8.05. The maximum absolute atomic E-state index is 12.6. The van der Waals surface area contributed by atoms with Gasteiger partial charge in [0.25, 0.3) is 0 Å². The summed E-state index contributed by atoms with van der Waals surface area (Å²) in [6, 6.07) is 8.61. The molecule has 2 saturated heterocycles. The first-order valence-electron chi connectivity index (χ1n) is 10.1. The molecular formula is C21H25N7O. The molecule has 1 aromatic carbocycles. The van der Waals surface area contributed by atoms with Gasteiger partial charge in [-0.25, -0.2) is 15.0 Å².